The molecule has 4 aromatic carbocycles. The van der Waals surface area contributed by atoms with Gasteiger partial charge in [0.1, 0.15) is 24.7 Å². The molecule has 40 heavy (non-hydrogen) atoms. The zero-order chi connectivity index (χ0) is 27.0. The summed E-state index contributed by atoms with van der Waals surface area (Å²) >= 11 is 0. The number of ether oxygens (including phenoxy) is 2. The highest BCUT2D eigenvalue weighted by molar-refractivity contribution is 6.82. The van der Waals surface area contributed by atoms with Crippen LogP contribution in [-0.4, -0.2) is 52.9 Å². The predicted octanol–water partition coefficient (Wildman–Crippen LogP) is 5.64. The predicted molar refractivity (Wildman–Crippen MR) is 157 cm³/mol. The lowest BCUT2D eigenvalue weighted by atomic mass is 9.60. The first-order valence-corrected chi connectivity index (χ1v) is 13.6. The van der Waals surface area contributed by atoms with Crippen LogP contribution in [0.15, 0.2) is 121 Å². The Morgan fingerprint density at radius 3 is 1.25 bits per heavy atom. The lowest BCUT2D eigenvalue weighted by Gasteiger charge is -2.20. The van der Waals surface area contributed by atoms with E-state index < -0.39 is 14.2 Å². The molecule has 0 radical (unpaired) electrons. The minimum atomic E-state index is -0.617. The van der Waals surface area contributed by atoms with Gasteiger partial charge in [-0.3, -0.25) is 0 Å². The van der Waals surface area contributed by atoms with Crippen molar-refractivity contribution in [3.8, 4) is 11.5 Å². The molecule has 0 bridgehead atoms. The van der Waals surface area contributed by atoms with Crippen LogP contribution in [0.1, 0.15) is 11.1 Å². The fourth-order valence-corrected chi connectivity index (χ4v) is 4.86. The van der Waals surface area contributed by atoms with E-state index in [1.807, 2.05) is 97.1 Å². The maximum absolute atomic E-state index is 6.45. The fourth-order valence-electron chi connectivity index (χ4n) is 4.86. The van der Waals surface area contributed by atoms with Crippen molar-refractivity contribution in [2.24, 2.45) is 0 Å². The Kier molecular flexibility index (Phi) is 8.60. The molecule has 0 spiro atoms. The highest BCUT2D eigenvalue weighted by Crippen LogP contribution is 2.36. The SMILES string of the molecule is c1ccc(OCC2COB(C(=C(B3OCC(COc4ccccc4)O3)c3ccccc3)c3ccccc3)O2)cc1. The van der Waals surface area contributed by atoms with Crippen LogP contribution < -0.4 is 9.47 Å². The van der Waals surface area contributed by atoms with Crippen molar-refractivity contribution in [3.05, 3.63) is 132 Å². The maximum Gasteiger partial charge on any atom is 0.494 e. The van der Waals surface area contributed by atoms with Gasteiger partial charge in [-0.1, -0.05) is 97.1 Å². The zero-order valence-corrected chi connectivity index (χ0v) is 22.1. The van der Waals surface area contributed by atoms with Gasteiger partial charge in [0.25, 0.3) is 0 Å². The molecule has 2 saturated heterocycles. The average Bonchev–Trinajstić information content (AvgIpc) is 3.69. The van der Waals surface area contributed by atoms with Crippen molar-refractivity contribution in [2.45, 2.75) is 12.2 Å². The third-order valence-electron chi connectivity index (χ3n) is 6.79. The van der Waals surface area contributed by atoms with E-state index >= 15 is 0 Å². The molecule has 0 aromatic heterocycles. The first kappa shape index (κ1) is 26.4. The zero-order valence-electron chi connectivity index (χ0n) is 22.1. The Balaban J connectivity index is 1.27. The third-order valence-corrected chi connectivity index (χ3v) is 6.79. The van der Waals surface area contributed by atoms with E-state index in [9.17, 15) is 0 Å². The van der Waals surface area contributed by atoms with Gasteiger partial charge in [0.05, 0.1) is 25.4 Å². The Morgan fingerprint density at radius 2 is 0.875 bits per heavy atom. The number of hydrogen-bond donors (Lipinski definition) is 0. The van der Waals surface area contributed by atoms with Crippen LogP contribution in [0.3, 0.4) is 0 Å². The average molecular weight is 532 g/mol. The molecule has 2 aliphatic rings. The van der Waals surface area contributed by atoms with Crippen LogP contribution in [0, 0.1) is 0 Å². The minimum Gasteiger partial charge on any atom is -0.491 e. The fraction of sp³-hybridized carbons (Fsp3) is 0.188. The summed E-state index contributed by atoms with van der Waals surface area (Å²) in [5.41, 5.74) is 3.71. The van der Waals surface area contributed by atoms with Crippen molar-refractivity contribution in [3.63, 3.8) is 0 Å². The molecule has 6 nitrogen and oxygen atoms in total. The molecule has 0 amide bonds. The Labute approximate surface area is 235 Å². The second-order valence-electron chi connectivity index (χ2n) is 9.65. The first-order valence-electron chi connectivity index (χ1n) is 13.6. The van der Waals surface area contributed by atoms with Crippen molar-refractivity contribution in [2.75, 3.05) is 26.4 Å². The number of hydrogen-bond acceptors (Lipinski definition) is 6. The molecule has 2 aliphatic heterocycles. The minimum absolute atomic E-state index is 0.224. The Hall–Kier alpha value is -3.81. The Morgan fingerprint density at radius 1 is 0.525 bits per heavy atom. The van der Waals surface area contributed by atoms with E-state index in [4.69, 9.17) is 28.1 Å². The van der Waals surface area contributed by atoms with Gasteiger partial charge in [-0.05, 0) is 46.3 Å². The molecule has 0 saturated carbocycles. The van der Waals surface area contributed by atoms with Crippen LogP contribution >= 0.6 is 0 Å². The number of benzene rings is 4. The summed E-state index contributed by atoms with van der Waals surface area (Å²) in [4.78, 5) is 0. The second kappa shape index (κ2) is 13.0. The molecule has 2 fully saturated rings. The van der Waals surface area contributed by atoms with E-state index in [-0.39, 0.29) is 12.2 Å². The van der Waals surface area contributed by atoms with E-state index in [1.165, 1.54) is 0 Å². The molecule has 4 aromatic rings. The molecule has 200 valence electrons. The first-order chi connectivity index (χ1) is 19.8. The summed E-state index contributed by atoms with van der Waals surface area (Å²) in [6.45, 7) is 1.60. The molecule has 2 atom stereocenters. The molecular formula is C32H30B2O6. The summed E-state index contributed by atoms with van der Waals surface area (Å²) in [6.07, 6.45) is -0.447. The summed E-state index contributed by atoms with van der Waals surface area (Å²) in [7, 11) is -1.23. The molecule has 0 N–H and O–H groups in total. The summed E-state index contributed by atoms with van der Waals surface area (Å²) in [5.74, 6) is 1.60. The summed E-state index contributed by atoms with van der Waals surface area (Å²) in [5, 5.41) is 0. The molecular weight excluding hydrogens is 502 g/mol. The third kappa shape index (κ3) is 6.49. The van der Waals surface area contributed by atoms with Crippen LogP contribution in [0.25, 0.3) is 10.9 Å². The van der Waals surface area contributed by atoms with Crippen molar-refractivity contribution in [1.82, 2.24) is 0 Å². The van der Waals surface area contributed by atoms with E-state index in [0.29, 0.717) is 26.4 Å². The summed E-state index contributed by atoms with van der Waals surface area (Å²) < 4.78 is 37.4. The van der Waals surface area contributed by atoms with Gasteiger partial charge in [-0.15, -0.1) is 0 Å². The number of rotatable bonds is 10. The molecule has 2 heterocycles. The van der Waals surface area contributed by atoms with Gasteiger partial charge in [0, 0.05) is 0 Å². The second-order valence-corrected chi connectivity index (χ2v) is 9.65. The van der Waals surface area contributed by atoms with Crippen molar-refractivity contribution < 1.29 is 28.1 Å². The smallest absolute Gasteiger partial charge is 0.491 e. The molecule has 8 heteroatoms. The monoisotopic (exact) mass is 532 g/mol. The lowest BCUT2D eigenvalue weighted by molar-refractivity contribution is 0.148. The van der Waals surface area contributed by atoms with E-state index in [0.717, 1.165) is 33.6 Å². The normalized spacial score (nSPS) is 19.4. The van der Waals surface area contributed by atoms with Crippen molar-refractivity contribution in [1.29, 1.82) is 0 Å². The summed E-state index contributed by atoms with van der Waals surface area (Å²) in [6, 6.07) is 39.7. The lowest BCUT2D eigenvalue weighted by Crippen LogP contribution is -2.29. The van der Waals surface area contributed by atoms with Gasteiger partial charge in [-0.2, -0.15) is 0 Å². The van der Waals surface area contributed by atoms with E-state index in [2.05, 4.69) is 24.3 Å². The quantitative estimate of drug-likeness (QED) is 0.195. The van der Waals surface area contributed by atoms with Crippen molar-refractivity contribution >= 4 is 25.2 Å². The van der Waals surface area contributed by atoms with Gasteiger partial charge in [-0.25, -0.2) is 0 Å². The standard InChI is InChI=1S/C32H30B2O6/c1-5-13-25(14-6-1)31(33-37-23-29(39-33)21-35-27-17-9-3-10-18-27)32(26-15-7-2-8-16-26)34-38-24-30(40-34)22-36-28-19-11-4-12-20-28/h1-20,29-30H,21-24H2. The van der Waals surface area contributed by atoms with Crippen LogP contribution in [-0.2, 0) is 18.6 Å². The molecule has 0 aliphatic carbocycles. The van der Waals surface area contributed by atoms with Gasteiger partial charge >= 0.3 is 14.2 Å². The van der Waals surface area contributed by atoms with E-state index in [1.54, 1.807) is 0 Å². The number of para-hydroxylation sites is 2. The Bertz CT molecular complexity index is 1260. The van der Waals surface area contributed by atoms with Crippen LogP contribution in [0.5, 0.6) is 11.5 Å². The molecule has 2 unspecified atom stereocenters. The highest BCUT2D eigenvalue weighted by atomic mass is 16.7. The van der Waals surface area contributed by atoms with Crippen LogP contribution in [0.4, 0.5) is 0 Å². The molecule has 6 rings (SSSR count). The highest BCUT2D eigenvalue weighted by Gasteiger charge is 2.44. The topological polar surface area (TPSA) is 55.4 Å². The maximum atomic E-state index is 6.45. The van der Waals surface area contributed by atoms with Gasteiger partial charge in [0.2, 0.25) is 0 Å². The van der Waals surface area contributed by atoms with Crippen LogP contribution in [0.2, 0.25) is 0 Å². The largest absolute Gasteiger partial charge is 0.494 e. The van der Waals surface area contributed by atoms with Gasteiger partial charge < -0.3 is 28.1 Å². The van der Waals surface area contributed by atoms with Gasteiger partial charge in [0.15, 0.2) is 0 Å².